The van der Waals surface area contributed by atoms with Crippen LogP contribution in [-0.4, -0.2) is 27.9 Å². The normalized spacial score (nSPS) is 14.7. The average Bonchev–Trinajstić information content (AvgIpc) is 2.83. The number of carboxylic acid groups (broad SMARTS) is 1. The van der Waals surface area contributed by atoms with Crippen molar-refractivity contribution < 1.29 is 19.1 Å². The number of anilines is 1. The first-order valence-electron chi connectivity index (χ1n) is 8.01. The van der Waals surface area contributed by atoms with Crippen molar-refractivity contribution in [1.82, 2.24) is 4.90 Å². The van der Waals surface area contributed by atoms with E-state index in [0.717, 1.165) is 5.56 Å². The van der Waals surface area contributed by atoms with Gasteiger partial charge in [-0.1, -0.05) is 26.0 Å². The largest absolute Gasteiger partial charge is 0.480 e. The number of benzene rings is 2. The number of aliphatic carboxylic acids is 1. The third kappa shape index (κ3) is 2.95. The molecule has 2 aromatic carbocycles. The molecule has 3 rings (SSSR count). The standard InChI is InChI=1S/C19H19FN2O3/c1-10(2)17(19(24)25)22-9-12-4-3-11(7-15(12)18(22)23)14-6-5-13(21)8-16(14)20/h3-8,10,17H,9,21H2,1-2H3,(H,24,25). The van der Waals surface area contributed by atoms with E-state index in [1.165, 1.54) is 11.0 Å². The van der Waals surface area contributed by atoms with E-state index in [-0.39, 0.29) is 18.4 Å². The lowest BCUT2D eigenvalue weighted by Crippen LogP contribution is -2.44. The molecule has 0 spiro atoms. The van der Waals surface area contributed by atoms with Gasteiger partial charge in [-0.2, -0.15) is 0 Å². The second-order valence-corrected chi connectivity index (χ2v) is 6.57. The van der Waals surface area contributed by atoms with Gasteiger partial charge in [0.15, 0.2) is 0 Å². The van der Waals surface area contributed by atoms with Crippen LogP contribution in [0.2, 0.25) is 0 Å². The Labute approximate surface area is 144 Å². The number of rotatable bonds is 4. The van der Waals surface area contributed by atoms with Crippen molar-refractivity contribution >= 4 is 17.6 Å². The van der Waals surface area contributed by atoms with Gasteiger partial charge in [0.05, 0.1) is 0 Å². The van der Waals surface area contributed by atoms with Crippen LogP contribution >= 0.6 is 0 Å². The molecule has 1 aliphatic heterocycles. The zero-order chi connectivity index (χ0) is 18.3. The highest BCUT2D eigenvalue weighted by Crippen LogP contribution is 2.32. The van der Waals surface area contributed by atoms with Gasteiger partial charge in [-0.3, -0.25) is 4.79 Å². The van der Waals surface area contributed by atoms with Gasteiger partial charge in [-0.25, -0.2) is 9.18 Å². The molecule has 2 aromatic rings. The number of amides is 1. The van der Waals surface area contributed by atoms with Crippen LogP contribution in [0, 0.1) is 11.7 Å². The summed E-state index contributed by atoms with van der Waals surface area (Å²) in [4.78, 5) is 25.6. The maximum atomic E-state index is 14.1. The minimum absolute atomic E-state index is 0.218. The number of carbonyl (C=O) groups excluding carboxylic acids is 1. The van der Waals surface area contributed by atoms with Crippen LogP contribution in [-0.2, 0) is 11.3 Å². The molecule has 3 N–H and O–H groups in total. The molecule has 6 heteroatoms. The fraction of sp³-hybridized carbons (Fsp3) is 0.263. The summed E-state index contributed by atoms with van der Waals surface area (Å²) in [5.74, 6) is -2.05. The van der Waals surface area contributed by atoms with Gasteiger partial charge in [-0.15, -0.1) is 0 Å². The number of nitrogen functional groups attached to an aromatic ring is 1. The van der Waals surface area contributed by atoms with Crippen molar-refractivity contribution in [3.63, 3.8) is 0 Å². The summed E-state index contributed by atoms with van der Waals surface area (Å²) in [6.07, 6.45) is 0. The molecule has 1 amide bonds. The number of halogens is 1. The quantitative estimate of drug-likeness (QED) is 0.836. The highest BCUT2D eigenvalue weighted by Gasteiger charge is 2.38. The maximum Gasteiger partial charge on any atom is 0.326 e. The summed E-state index contributed by atoms with van der Waals surface area (Å²) in [5, 5.41) is 9.44. The fourth-order valence-corrected chi connectivity index (χ4v) is 3.26. The van der Waals surface area contributed by atoms with Crippen LogP contribution in [0.25, 0.3) is 11.1 Å². The zero-order valence-corrected chi connectivity index (χ0v) is 14.0. The van der Waals surface area contributed by atoms with E-state index in [1.54, 1.807) is 44.2 Å². The molecule has 0 saturated carbocycles. The summed E-state index contributed by atoms with van der Waals surface area (Å²) in [7, 11) is 0. The Morgan fingerprint density at radius 3 is 2.52 bits per heavy atom. The van der Waals surface area contributed by atoms with E-state index < -0.39 is 17.8 Å². The zero-order valence-electron chi connectivity index (χ0n) is 14.0. The second kappa shape index (κ2) is 6.20. The number of nitrogens with zero attached hydrogens (tertiary/aromatic N) is 1. The molecule has 25 heavy (non-hydrogen) atoms. The molecule has 1 unspecified atom stereocenters. The van der Waals surface area contributed by atoms with Crippen molar-refractivity contribution in [3.05, 3.63) is 53.3 Å². The molecule has 1 atom stereocenters. The summed E-state index contributed by atoms with van der Waals surface area (Å²) >= 11 is 0. The lowest BCUT2D eigenvalue weighted by molar-refractivity contribution is -0.144. The monoisotopic (exact) mass is 342 g/mol. The SMILES string of the molecule is CC(C)C(C(=O)O)N1Cc2ccc(-c3ccc(N)cc3F)cc2C1=O. The van der Waals surface area contributed by atoms with E-state index in [1.807, 2.05) is 0 Å². The highest BCUT2D eigenvalue weighted by molar-refractivity contribution is 6.01. The Balaban J connectivity index is 1.99. The Morgan fingerprint density at radius 2 is 1.92 bits per heavy atom. The third-order valence-corrected chi connectivity index (χ3v) is 4.47. The molecular weight excluding hydrogens is 323 g/mol. The molecule has 0 bridgehead atoms. The Kier molecular flexibility index (Phi) is 4.20. The second-order valence-electron chi connectivity index (χ2n) is 6.57. The van der Waals surface area contributed by atoms with Crippen LogP contribution in [0.1, 0.15) is 29.8 Å². The predicted molar refractivity (Wildman–Crippen MR) is 92.4 cm³/mol. The van der Waals surface area contributed by atoms with Crippen LogP contribution in [0.5, 0.6) is 0 Å². The molecular formula is C19H19FN2O3. The van der Waals surface area contributed by atoms with Crippen LogP contribution in [0.3, 0.4) is 0 Å². The van der Waals surface area contributed by atoms with Gasteiger partial charge in [-0.05, 0) is 41.3 Å². The van der Waals surface area contributed by atoms with E-state index in [0.29, 0.717) is 22.4 Å². The Bertz CT molecular complexity index is 864. The first kappa shape index (κ1) is 17.0. The van der Waals surface area contributed by atoms with Crippen molar-refractivity contribution in [1.29, 1.82) is 0 Å². The highest BCUT2D eigenvalue weighted by atomic mass is 19.1. The Morgan fingerprint density at radius 1 is 1.20 bits per heavy atom. The molecule has 1 heterocycles. The van der Waals surface area contributed by atoms with Crippen molar-refractivity contribution in [3.8, 4) is 11.1 Å². The van der Waals surface area contributed by atoms with Gasteiger partial charge in [0.1, 0.15) is 11.9 Å². The smallest absolute Gasteiger partial charge is 0.326 e. The van der Waals surface area contributed by atoms with Gasteiger partial charge in [0, 0.05) is 23.4 Å². The first-order valence-corrected chi connectivity index (χ1v) is 8.01. The minimum Gasteiger partial charge on any atom is -0.480 e. The number of carboxylic acids is 1. The molecule has 1 aliphatic rings. The lowest BCUT2D eigenvalue weighted by Gasteiger charge is -2.27. The summed E-state index contributed by atoms with van der Waals surface area (Å²) in [5.41, 5.74) is 7.97. The number of carbonyl (C=O) groups is 2. The minimum atomic E-state index is -1.03. The summed E-state index contributed by atoms with van der Waals surface area (Å²) < 4.78 is 14.1. The predicted octanol–water partition coefficient (Wildman–Crippen LogP) is 3.14. The first-order chi connectivity index (χ1) is 11.8. The number of nitrogens with two attached hydrogens (primary N) is 1. The van der Waals surface area contributed by atoms with E-state index in [4.69, 9.17) is 5.73 Å². The number of fused-ring (bicyclic) bond motifs is 1. The van der Waals surface area contributed by atoms with Gasteiger partial charge < -0.3 is 15.7 Å². The van der Waals surface area contributed by atoms with Gasteiger partial charge >= 0.3 is 5.97 Å². The summed E-state index contributed by atoms with van der Waals surface area (Å²) in [6, 6.07) is 8.60. The van der Waals surface area contributed by atoms with Gasteiger partial charge in [0.2, 0.25) is 0 Å². The number of hydrogen-bond acceptors (Lipinski definition) is 3. The van der Waals surface area contributed by atoms with Crippen LogP contribution < -0.4 is 5.73 Å². The van der Waals surface area contributed by atoms with Crippen molar-refractivity contribution in [2.75, 3.05) is 5.73 Å². The lowest BCUT2D eigenvalue weighted by atomic mass is 9.99. The van der Waals surface area contributed by atoms with E-state index in [9.17, 15) is 19.1 Å². The number of hydrogen-bond donors (Lipinski definition) is 2. The molecule has 130 valence electrons. The van der Waals surface area contributed by atoms with E-state index in [2.05, 4.69) is 0 Å². The maximum absolute atomic E-state index is 14.1. The van der Waals surface area contributed by atoms with Crippen LogP contribution in [0.15, 0.2) is 36.4 Å². The van der Waals surface area contributed by atoms with Crippen molar-refractivity contribution in [2.45, 2.75) is 26.4 Å². The summed E-state index contributed by atoms with van der Waals surface area (Å²) in [6.45, 7) is 3.78. The molecule has 0 aromatic heterocycles. The molecule has 0 saturated heterocycles. The average molecular weight is 342 g/mol. The van der Waals surface area contributed by atoms with Crippen LogP contribution in [0.4, 0.5) is 10.1 Å². The van der Waals surface area contributed by atoms with Gasteiger partial charge in [0.25, 0.3) is 5.91 Å². The molecule has 0 aliphatic carbocycles. The fourth-order valence-electron chi connectivity index (χ4n) is 3.26. The topological polar surface area (TPSA) is 83.6 Å². The molecule has 0 fully saturated rings. The van der Waals surface area contributed by atoms with E-state index >= 15 is 0 Å². The Hall–Kier alpha value is -2.89. The molecule has 5 nitrogen and oxygen atoms in total. The molecule has 0 radical (unpaired) electrons. The van der Waals surface area contributed by atoms with Crippen molar-refractivity contribution in [2.24, 2.45) is 5.92 Å². The third-order valence-electron chi connectivity index (χ3n) is 4.47.